The Morgan fingerprint density at radius 2 is 2.22 bits per heavy atom. The summed E-state index contributed by atoms with van der Waals surface area (Å²) in [6.45, 7) is 3.49. The lowest BCUT2D eigenvalue weighted by atomic mass is 9.94. The number of amides is 1. The van der Waals surface area contributed by atoms with Crippen LogP contribution in [-0.2, 0) is 11.2 Å². The molecule has 0 unspecified atom stereocenters. The van der Waals surface area contributed by atoms with Crippen molar-refractivity contribution in [3.05, 3.63) is 21.9 Å². The predicted octanol–water partition coefficient (Wildman–Crippen LogP) is 1.58. The average Bonchev–Trinajstić information content (AvgIpc) is 2.86. The van der Waals surface area contributed by atoms with E-state index in [-0.39, 0.29) is 5.91 Å². The van der Waals surface area contributed by atoms with E-state index in [1.54, 1.807) is 0 Å². The molecule has 5 heteroatoms. The first-order chi connectivity index (χ1) is 8.63. The molecular formula is C13H19NO3S. The smallest absolute Gasteiger partial charge is 0.261 e. The summed E-state index contributed by atoms with van der Waals surface area (Å²) >= 11 is 1.51. The molecule has 1 aromatic rings. The number of hydrogen-bond donors (Lipinski definition) is 2. The maximum Gasteiger partial charge on any atom is 0.261 e. The van der Waals surface area contributed by atoms with Gasteiger partial charge < -0.3 is 15.2 Å². The predicted molar refractivity (Wildman–Crippen MR) is 71.0 cm³/mol. The first-order valence-corrected chi connectivity index (χ1v) is 7.12. The second-order valence-electron chi connectivity index (χ2n) is 4.64. The van der Waals surface area contributed by atoms with Crippen molar-refractivity contribution in [3.63, 3.8) is 0 Å². The van der Waals surface area contributed by atoms with Crippen molar-refractivity contribution in [1.29, 1.82) is 0 Å². The molecule has 1 amide bonds. The molecule has 0 saturated carbocycles. The summed E-state index contributed by atoms with van der Waals surface area (Å²) in [6.07, 6.45) is 2.11. The van der Waals surface area contributed by atoms with Crippen molar-refractivity contribution in [3.8, 4) is 0 Å². The highest BCUT2D eigenvalue weighted by molar-refractivity contribution is 7.14. The molecule has 1 saturated heterocycles. The molecular weight excluding hydrogens is 250 g/mol. The Balaban J connectivity index is 1.87. The van der Waals surface area contributed by atoms with E-state index in [2.05, 4.69) is 12.2 Å². The Morgan fingerprint density at radius 1 is 1.50 bits per heavy atom. The lowest BCUT2D eigenvalue weighted by Gasteiger charge is -2.31. The number of hydrogen-bond acceptors (Lipinski definition) is 4. The quantitative estimate of drug-likeness (QED) is 0.872. The van der Waals surface area contributed by atoms with E-state index in [9.17, 15) is 9.90 Å². The average molecular weight is 269 g/mol. The highest BCUT2D eigenvalue weighted by atomic mass is 32.1. The Bertz CT molecular complexity index is 410. The highest BCUT2D eigenvalue weighted by Crippen LogP contribution is 2.20. The largest absolute Gasteiger partial charge is 0.388 e. The van der Waals surface area contributed by atoms with Gasteiger partial charge in [0, 0.05) is 37.5 Å². The molecule has 1 aliphatic rings. The molecule has 2 N–H and O–H groups in total. The molecule has 18 heavy (non-hydrogen) atoms. The molecule has 2 heterocycles. The van der Waals surface area contributed by atoms with Crippen LogP contribution in [0.2, 0.25) is 0 Å². The Hall–Kier alpha value is -0.910. The van der Waals surface area contributed by atoms with E-state index < -0.39 is 5.60 Å². The van der Waals surface area contributed by atoms with Gasteiger partial charge in [-0.1, -0.05) is 6.92 Å². The second kappa shape index (κ2) is 5.82. The number of aliphatic hydroxyl groups is 1. The summed E-state index contributed by atoms with van der Waals surface area (Å²) in [7, 11) is 0. The minimum atomic E-state index is -0.807. The van der Waals surface area contributed by atoms with Gasteiger partial charge in [0.15, 0.2) is 0 Å². The number of carbonyl (C=O) groups is 1. The van der Waals surface area contributed by atoms with Crippen molar-refractivity contribution in [1.82, 2.24) is 5.32 Å². The number of carbonyl (C=O) groups excluding carboxylic acids is 1. The molecule has 4 nitrogen and oxygen atoms in total. The summed E-state index contributed by atoms with van der Waals surface area (Å²) < 4.78 is 5.20. The third-order valence-corrected chi connectivity index (χ3v) is 4.46. The molecule has 1 fully saturated rings. The first-order valence-electron chi connectivity index (χ1n) is 6.30. The molecule has 0 spiro atoms. The van der Waals surface area contributed by atoms with E-state index in [1.807, 2.05) is 12.1 Å². The number of ether oxygens (including phenoxy) is 1. The Kier molecular flexibility index (Phi) is 4.37. The lowest BCUT2D eigenvalue weighted by Crippen LogP contribution is -2.46. The molecule has 1 aromatic heterocycles. The topological polar surface area (TPSA) is 58.6 Å². The van der Waals surface area contributed by atoms with Crippen LogP contribution in [0.1, 0.15) is 34.3 Å². The SMILES string of the molecule is CCc1ccc(C(=O)NCC2(O)CCOCC2)s1. The van der Waals surface area contributed by atoms with Crippen LogP contribution in [0.4, 0.5) is 0 Å². The number of thiophene rings is 1. The molecule has 0 aliphatic carbocycles. The first kappa shape index (κ1) is 13.5. The van der Waals surface area contributed by atoms with Crippen LogP contribution in [0.15, 0.2) is 12.1 Å². The fraction of sp³-hybridized carbons (Fsp3) is 0.615. The van der Waals surface area contributed by atoms with Crippen LogP contribution in [-0.4, -0.2) is 36.4 Å². The van der Waals surface area contributed by atoms with Gasteiger partial charge in [-0.3, -0.25) is 4.79 Å². The standard InChI is InChI=1S/C13H19NO3S/c1-2-10-3-4-11(18-10)12(15)14-9-13(16)5-7-17-8-6-13/h3-4,16H,2,5-9H2,1H3,(H,14,15). The molecule has 2 rings (SSSR count). The summed E-state index contributed by atoms with van der Waals surface area (Å²) in [5.41, 5.74) is -0.807. The summed E-state index contributed by atoms with van der Waals surface area (Å²) in [6, 6.07) is 3.82. The van der Waals surface area contributed by atoms with Gasteiger partial charge >= 0.3 is 0 Å². The molecule has 0 radical (unpaired) electrons. The van der Waals surface area contributed by atoms with E-state index in [1.165, 1.54) is 16.2 Å². The molecule has 0 atom stereocenters. The highest BCUT2D eigenvalue weighted by Gasteiger charge is 2.30. The number of rotatable bonds is 4. The molecule has 100 valence electrons. The summed E-state index contributed by atoms with van der Waals surface area (Å²) in [4.78, 5) is 13.8. The van der Waals surface area contributed by atoms with Gasteiger partial charge in [0.25, 0.3) is 5.91 Å². The maximum absolute atomic E-state index is 11.9. The minimum absolute atomic E-state index is 0.0976. The number of aryl methyl sites for hydroxylation is 1. The monoisotopic (exact) mass is 269 g/mol. The van der Waals surface area contributed by atoms with Crippen molar-refractivity contribution < 1.29 is 14.6 Å². The zero-order valence-corrected chi connectivity index (χ0v) is 11.4. The van der Waals surface area contributed by atoms with Crippen molar-refractivity contribution in [2.24, 2.45) is 0 Å². The van der Waals surface area contributed by atoms with E-state index in [4.69, 9.17) is 4.74 Å². The zero-order chi connectivity index (χ0) is 13.0. The minimum Gasteiger partial charge on any atom is -0.388 e. The van der Waals surface area contributed by atoms with Gasteiger partial charge in [0.1, 0.15) is 0 Å². The van der Waals surface area contributed by atoms with Crippen LogP contribution in [0.25, 0.3) is 0 Å². The fourth-order valence-electron chi connectivity index (χ4n) is 1.95. The second-order valence-corrected chi connectivity index (χ2v) is 5.81. The van der Waals surface area contributed by atoms with Crippen molar-refractivity contribution >= 4 is 17.2 Å². The summed E-state index contributed by atoms with van der Waals surface area (Å²) in [5.74, 6) is -0.0976. The van der Waals surface area contributed by atoms with Gasteiger partial charge in [-0.25, -0.2) is 0 Å². The lowest BCUT2D eigenvalue weighted by molar-refractivity contribution is -0.0605. The Morgan fingerprint density at radius 3 is 2.83 bits per heavy atom. The molecule has 0 bridgehead atoms. The van der Waals surface area contributed by atoms with Crippen LogP contribution in [0.3, 0.4) is 0 Å². The third-order valence-electron chi connectivity index (χ3n) is 3.24. The van der Waals surface area contributed by atoms with E-state index in [0.29, 0.717) is 37.5 Å². The maximum atomic E-state index is 11.9. The van der Waals surface area contributed by atoms with Gasteiger partial charge in [-0.15, -0.1) is 11.3 Å². The van der Waals surface area contributed by atoms with Crippen molar-refractivity contribution in [2.75, 3.05) is 19.8 Å². The van der Waals surface area contributed by atoms with Crippen LogP contribution in [0.5, 0.6) is 0 Å². The van der Waals surface area contributed by atoms with Gasteiger partial charge in [0.2, 0.25) is 0 Å². The zero-order valence-electron chi connectivity index (χ0n) is 10.6. The van der Waals surface area contributed by atoms with Crippen LogP contribution in [0, 0.1) is 0 Å². The van der Waals surface area contributed by atoms with Gasteiger partial charge in [-0.05, 0) is 18.6 Å². The third kappa shape index (κ3) is 3.31. The summed E-state index contributed by atoms with van der Waals surface area (Å²) in [5, 5.41) is 13.0. The van der Waals surface area contributed by atoms with Crippen molar-refractivity contribution in [2.45, 2.75) is 31.8 Å². The molecule has 1 aliphatic heterocycles. The Labute approximate surface area is 111 Å². The van der Waals surface area contributed by atoms with Crippen LogP contribution < -0.4 is 5.32 Å². The van der Waals surface area contributed by atoms with Crippen LogP contribution >= 0.6 is 11.3 Å². The van der Waals surface area contributed by atoms with Gasteiger partial charge in [0.05, 0.1) is 10.5 Å². The van der Waals surface area contributed by atoms with Gasteiger partial charge in [-0.2, -0.15) is 0 Å². The molecule has 0 aromatic carbocycles. The normalized spacial score (nSPS) is 18.6. The number of nitrogens with one attached hydrogen (secondary N) is 1. The van der Waals surface area contributed by atoms with E-state index >= 15 is 0 Å². The van der Waals surface area contributed by atoms with E-state index in [0.717, 1.165) is 6.42 Å². The fourth-order valence-corrected chi connectivity index (χ4v) is 2.81.